The van der Waals surface area contributed by atoms with Crippen LogP contribution in [0.15, 0.2) is 24.3 Å². The molecular weight excluding hydrogens is 303 g/mol. The van der Waals surface area contributed by atoms with Crippen LogP contribution in [0.1, 0.15) is 5.56 Å². The molecule has 0 atom stereocenters. The van der Waals surface area contributed by atoms with Crippen LogP contribution in [-0.4, -0.2) is 24.2 Å². The summed E-state index contributed by atoms with van der Waals surface area (Å²) in [7, 11) is 0. The van der Waals surface area contributed by atoms with Gasteiger partial charge in [0.05, 0.1) is 0 Å². The van der Waals surface area contributed by atoms with E-state index in [4.69, 9.17) is 0 Å². The van der Waals surface area contributed by atoms with Crippen molar-refractivity contribution in [3.05, 3.63) is 29.8 Å². The van der Waals surface area contributed by atoms with Crippen molar-refractivity contribution in [2.45, 2.75) is 11.4 Å². The zero-order valence-electron chi connectivity index (χ0n) is 5.81. The maximum atomic E-state index is 2.37. The third-order valence-electron chi connectivity index (χ3n) is 1.34. The Morgan fingerprint density at radius 2 is 1.67 bits per heavy atom. The molecule has 9 heavy (non-hydrogen) atoms. The summed E-state index contributed by atoms with van der Waals surface area (Å²) in [6.45, 7) is 2.13. The molecule has 0 bridgehead atoms. The van der Waals surface area contributed by atoms with Gasteiger partial charge in [0.1, 0.15) is 0 Å². The van der Waals surface area contributed by atoms with Gasteiger partial charge in [-0.2, -0.15) is 0 Å². The molecule has 0 heterocycles. The van der Waals surface area contributed by atoms with Gasteiger partial charge in [0.2, 0.25) is 0 Å². The molecule has 1 aromatic rings. The summed E-state index contributed by atoms with van der Waals surface area (Å²) < 4.78 is 3.98. The van der Waals surface area contributed by atoms with Crippen LogP contribution < -0.4 is 3.12 Å². The Kier molecular flexibility index (Phi) is 2.70. The number of benzene rings is 1. The Balaban J connectivity index is 2.88. The molecule has 0 aromatic heterocycles. The van der Waals surface area contributed by atoms with Crippen LogP contribution in [-0.2, 0) is 0 Å². The third-order valence-corrected chi connectivity index (χ3v) is 4.88. The fraction of sp³-hybridized carbons (Fsp3) is 0.250. The van der Waals surface area contributed by atoms with E-state index in [0.29, 0.717) is 0 Å². The number of rotatable bonds is 1. The summed E-state index contributed by atoms with van der Waals surface area (Å²) in [4.78, 5) is 0. The second kappa shape index (κ2) is 3.35. The van der Waals surface area contributed by atoms with E-state index in [1.807, 2.05) is 0 Å². The molecule has 0 spiro atoms. The first-order chi connectivity index (χ1) is 4.33. The molecule has 0 aliphatic carbocycles. The van der Waals surface area contributed by atoms with Gasteiger partial charge in [-0.05, 0) is 0 Å². The van der Waals surface area contributed by atoms with Crippen molar-refractivity contribution in [2.75, 3.05) is 0 Å². The van der Waals surface area contributed by atoms with Crippen molar-refractivity contribution in [1.29, 1.82) is 0 Å². The first-order valence-electron chi connectivity index (χ1n) is 3.07. The molecule has 1 aromatic carbocycles. The SMILES string of the molecule is [CH3][Pb][c]1ccc(C)cc1. The van der Waals surface area contributed by atoms with Crippen LogP contribution in [0.5, 0.6) is 0 Å². The zero-order valence-corrected chi connectivity index (χ0v) is 9.70. The predicted octanol–water partition coefficient (Wildman–Crippen LogP) is 1.37. The fourth-order valence-electron chi connectivity index (χ4n) is 0.720. The average molecular weight is 313 g/mol. The summed E-state index contributed by atoms with van der Waals surface area (Å²) in [5, 5.41) is 0. The molecule has 0 N–H and O–H groups in total. The number of aryl methyl sites for hydroxylation is 1. The van der Waals surface area contributed by atoms with Crippen molar-refractivity contribution in [1.82, 2.24) is 0 Å². The predicted molar refractivity (Wildman–Crippen MR) is 42.4 cm³/mol. The molecule has 0 aliphatic heterocycles. The van der Waals surface area contributed by atoms with E-state index in [9.17, 15) is 0 Å². The van der Waals surface area contributed by atoms with Gasteiger partial charge in [-0.15, -0.1) is 0 Å². The number of hydrogen-bond acceptors (Lipinski definition) is 0. The van der Waals surface area contributed by atoms with E-state index in [-0.39, 0.29) is 24.2 Å². The van der Waals surface area contributed by atoms with E-state index in [0.717, 1.165) is 0 Å². The number of hydrogen-bond donors (Lipinski definition) is 0. The van der Waals surface area contributed by atoms with E-state index < -0.39 is 0 Å². The first kappa shape index (κ1) is 7.25. The summed E-state index contributed by atoms with van der Waals surface area (Å²) >= 11 is -0.350. The third kappa shape index (κ3) is 2.08. The molecule has 0 nitrogen and oxygen atoms in total. The van der Waals surface area contributed by atoms with E-state index >= 15 is 0 Å². The molecule has 0 fully saturated rings. The standard InChI is InChI=1S/C7H7.CH3.Pb/c1-7-5-3-2-4-6-7;;/h3-6H,1H3;1H3;. The van der Waals surface area contributed by atoms with Gasteiger partial charge in [0.25, 0.3) is 0 Å². The quantitative estimate of drug-likeness (QED) is 0.687. The second-order valence-electron chi connectivity index (χ2n) is 2.12. The Labute approximate surface area is 68.5 Å². The molecule has 0 saturated heterocycles. The Hall–Kier alpha value is 0.142. The second-order valence-corrected chi connectivity index (χ2v) is 6.30. The van der Waals surface area contributed by atoms with Gasteiger partial charge in [-0.1, -0.05) is 0 Å². The Morgan fingerprint density at radius 3 is 2.11 bits per heavy atom. The molecule has 2 radical (unpaired) electrons. The van der Waals surface area contributed by atoms with Crippen molar-refractivity contribution < 1.29 is 0 Å². The van der Waals surface area contributed by atoms with Crippen LogP contribution in [0.4, 0.5) is 0 Å². The monoisotopic (exact) mass is 314 g/mol. The van der Waals surface area contributed by atoms with Crippen LogP contribution in [0.2, 0.25) is 4.48 Å². The zero-order chi connectivity index (χ0) is 6.69. The molecule has 1 heteroatoms. The normalized spacial score (nSPS) is 9.56. The fourth-order valence-corrected chi connectivity index (χ4v) is 2.66. The van der Waals surface area contributed by atoms with Gasteiger partial charge in [0.15, 0.2) is 0 Å². The minimum atomic E-state index is -0.350. The summed E-state index contributed by atoms with van der Waals surface area (Å²) in [6, 6.07) is 8.93. The van der Waals surface area contributed by atoms with Crippen LogP contribution in [0.3, 0.4) is 0 Å². The molecule has 1 rings (SSSR count). The summed E-state index contributed by atoms with van der Waals surface area (Å²) in [5.41, 5.74) is 1.37. The Bertz CT molecular complexity index is 176. The van der Waals surface area contributed by atoms with Gasteiger partial charge in [-0.25, -0.2) is 0 Å². The maximum absolute atomic E-state index is 2.37. The average Bonchev–Trinajstić information content (AvgIpc) is 1.90. The van der Waals surface area contributed by atoms with Crippen LogP contribution >= 0.6 is 0 Å². The molecule has 0 aliphatic rings. The first-order valence-corrected chi connectivity index (χ1v) is 8.90. The molecule has 0 unspecified atom stereocenters. The summed E-state index contributed by atoms with van der Waals surface area (Å²) in [5.74, 6) is 0. The van der Waals surface area contributed by atoms with Gasteiger partial charge < -0.3 is 0 Å². The van der Waals surface area contributed by atoms with Crippen molar-refractivity contribution in [3.63, 3.8) is 0 Å². The molecule has 0 amide bonds. The van der Waals surface area contributed by atoms with Crippen LogP contribution in [0.25, 0.3) is 0 Å². The molecule has 0 saturated carbocycles. The van der Waals surface area contributed by atoms with Gasteiger partial charge in [-0.3, -0.25) is 0 Å². The summed E-state index contributed by atoms with van der Waals surface area (Å²) in [6.07, 6.45) is 0. The Morgan fingerprint density at radius 1 is 1.11 bits per heavy atom. The van der Waals surface area contributed by atoms with Gasteiger partial charge >= 0.3 is 68.6 Å². The van der Waals surface area contributed by atoms with E-state index in [2.05, 4.69) is 35.7 Å². The van der Waals surface area contributed by atoms with Gasteiger partial charge in [0, 0.05) is 0 Å². The molecule has 46 valence electrons. The van der Waals surface area contributed by atoms with Crippen molar-refractivity contribution >= 4 is 27.4 Å². The van der Waals surface area contributed by atoms with E-state index in [1.165, 1.54) is 5.56 Å². The van der Waals surface area contributed by atoms with E-state index in [1.54, 1.807) is 3.12 Å². The van der Waals surface area contributed by atoms with Crippen LogP contribution in [0, 0.1) is 6.92 Å². The minimum absolute atomic E-state index is 0.350. The molecular formula is C8H10Pb. The topological polar surface area (TPSA) is 0 Å². The van der Waals surface area contributed by atoms with Crippen molar-refractivity contribution in [3.8, 4) is 0 Å². The van der Waals surface area contributed by atoms with Crippen molar-refractivity contribution in [2.24, 2.45) is 0 Å².